The number of nitrogens with zero attached hydrogens (tertiary/aromatic N) is 1. The monoisotopic (exact) mass is 587 g/mol. The van der Waals surface area contributed by atoms with E-state index in [0.717, 1.165) is 34.4 Å². The van der Waals surface area contributed by atoms with Crippen LogP contribution < -0.4 is 14.4 Å². The van der Waals surface area contributed by atoms with Crippen LogP contribution in [0.1, 0.15) is 74.8 Å². The van der Waals surface area contributed by atoms with Gasteiger partial charge in [-0.05, 0) is 68.9 Å². The zero-order valence-electron chi connectivity index (χ0n) is 25.4. The Kier molecular flexibility index (Phi) is 6.76. The Labute approximate surface area is 258 Å². The highest BCUT2D eigenvalue weighted by Crippen LogP contribution is 2.58. The van der Waals surface area contributed by atoms with Crippen LogP contribution in [0, 0.1) is 0 Å². The molecule has 0 N–H and O–H groups in total. The number of carbonyl (C=O) groups excluding carboxylic acids is 2. The summed E-state index contributed by atoms with van der Waals surface area (Å²) in [7, 11) is 0. The molecule has 3 aliphatic rings. The van der Waals surface area contributed by atoms with Gasteiger partial charge in [-0.2, -0.15) is 0 Å². The van der Waals surface area contributed by atoms with Crippen molar-refractivity contribution in [2.45, 2.75) is 69.1 Å². The lowest BCUT2D eigenvalue weighted by Crippen LogP contribution is -2.52. The van der Waals surface area contributed by atoms with Crippen LogP contribution in [0.3, 0.4) is 0 Å². The molecule has 1 amide bonds. The first kappa shape index (κ1) is 28.2. The molecule has 0 aromatic heterocycles. The normalized spacial score (nSPS) is 20.8. The van der Waals surface area contributed by atoms with Crippen molar-refractivity contribution < 1.29 is 23.8 Å². The number of amides is 1. The van der Waals surface area contributed by atoms with Crippen molar-refractivity contribution >= 4 is 17.6 Å². The predicted octanol–water partition coefficient (Wildman–Crippen LogP) is 7.53. The molecule has 2 heterocycles. The summed E-state index contributed by atoms with van der Waals surface area (Å²) in [5.74, 6) is 0.819. The molecule has 1 spiro atoms. The summed E-state index contributed by atoms with van der Waals surface area (Å²) in [6.07, 6.45) is 2.60. The Balaban J connectivity index is 1.37. The summed E-state index contributed by atoms with van der Waals surface area (Å²) in [5, 5.41) is 0. The van der Waals surface area contributed by atoms with Crippen LogP contribution in [0.15, 0.2) is 103 Å². The molecule has 4 aromatic carbocycles. The summed E-state index contributed by atoms with van der Waals surface area (Å²) >= 11 is 0. The van der Waals surface area contributed by atoms with Gasteiger partial charge in [0, 0.05) is 23.7 Å². The van der Waals surface area contributed by atoms with Crippen LogP contribution in [0.25, 0.3) is 0 Å². The van der Waals surface area contributed by atoms with Gasteiger partial charge in [0.05, 0.1) is 12.6 Å². The molecule has 0 saturated heterocycles. The third-order valence-electron chi connectivity index (χ3n) is 9.31. The maximum absolute atomic E-state index is 15.3. The first-order chi connectivity index (χ1) is 21.3. The van der Waals surface area contributed by atoms with Gasteiger partial charge in [-0.25, -0.2) is 4.79 Å². The van der Waals surface area contributed by atoms with Gasteiger partial charge in [0.2, 0.25) is 11.5 Å². The highest BCUT2D eigenvalue weighted by molar-refractivity contribution is 6.12. The van der Waals surface area contributed by atoms with E-state index >= 15 is 4.79 Å². The molecular weight excluding hydrogens is 550 g/mol. The zero-order chi connectivity index (χ0) is 30.5. The maximum atomic E-state index is 15.3. The predicted molar refractivity (Wildman–Crippen MR) is 169 cm³/mol. The van der Waals surface area contributed by atoms with E-state index in [-0.39, 0.29) is 17.9 Å². The van der Waals surface area contributed by atoms with Gasteiger partial charge in [-0.1, -0.05) is 84.9 Å². The average Bonchev–Trinajstić information content (AvgIpc) is 3.23. The Morgan fingerprint density at radius 2 is 1.50 bits per heavy atom. The van der Waals surface area contributed by atoms with Crippen molar-refractivity contribution in [3.05, 3.63) is 125 Å². The van der Waals surface area contributed by atoms with Gasteiger partial charge >= 0.3 is 5.97 Å². The lowest BCUT2D eigenvalue weighted by molar-refractivity contribution is -0.169. The Morgan fingerprint density at radius 3 is 2.11 bits per heavy atom. The van der Waals surface area contributed by atoms with Crippen LogP contribution in [0.5, 0.6) is 11.5 Å². The second-order valence-electron chi connectivity index (χ2n) is 12.7. The van der Waals surface area contributed by atoms with Gasteiger partial charge in [0.25, 0.3) is 0 Å². The quantitative estimate of drug-likeness (QED) is 0.209. The van der Waals surface area contributed by atoms with E-state index in [1.807, 2.05) is 85.5 Å². The SMILES string of the molecule is CCOC(=O)C1(Oc2ccc3c(c2)OC(C)(C)CC32C(=O)N(C(c3ccccc3)c3ccccc3)c3ccccc32)CCC1. The first-order valence-electron chi connectivity index (χ1n) is 15.5. The van der Waals surface area contributed by atoms with Crippen molar-refractivity contribution in [3.63, 3.8) is 0 Å². The third kappa shape index (κ3) is 4.38. The second-order valence-corrected chi connectivity index (χ2v) is 12.7. The fourth-order valence-corrected chi connectivity index (χ4v) is 7.33. The smallest absolute Gasteiger partial charge is 0.350 e. The minimum Gasteiger partial charge on any atom is -0.487 e. The summed E-state index contributed by atoms with van der Waals surface area (Å²) in [6.45, 7) is 6.17. The fourth-order valence-electron chi connectivity index (χ4n) is 7.33. The second kappa shape index (κ2) is 10.5. The standard InChI is InChI=1S/C38H37NO5/c1-4-42-35(41)37(22-13-23-37)43-28-20-21-30-32(24-28)44-36(2,3)25-38(30)29-18-11-12-19-31(29)39(34(38)40)33(26-14-7-5-8-15-26)27-16-9-6-10-17-27/h5-12,14-21,24,33H,4,13,22-23,25H2,1-3H3. The van der Waals surface area contributed by atoms with Crippen molar-refractivity contribution in [1.82, 2.24) is 0 Å². The van der Waals surface area contributed by atoms with Crippen molar-refractivity contribution in [1.29, 1.82) is 0 Å². The summed E-state index contributed by atoms with van der Waals surface area (Å²) < 4.78 is 18.3. The molecule has 0 radical (unpaired) electrons. The number of para-hydroxylation sites is 1. The number of carbonyl (C=O) groups is 2. The van der Waals surface area contributed by atoms with Crippen LogP contribution >= 0.6 is 0 Å². The Hall–Kier alpha value is -4.58. The largest absolute Gasteiger partial charge is 0.487 e. The number of rotatable bonds is 7. The first-order valence-corrected chi connectivity index (χ1v) is 15.5. The highest BCUT2D eigenvalue weighted by atomic mass is 16.6. The molecule has 1 unspecified atom stereocenters. The summed E-state index contributed by atoms with van der Waals surface area (Å²) in [6, 6.07) is 33.9. The van der Waals surface area contributed by atoms with Crippen molar-refractivity contribution in [3.8, 4) is 11.5 Å². The van der Waals surface area contributed by atoms with Crippen LogP contribution in [0.4, 0.5) is 5.69 Å². The van der Waals surface area contributed by atoms with E-state index < -0.39 is 16.6 Å². The molecular formula is C38H37NO5. The number of hydrogen-bond acceptors (Lipinski definition) is 5. The van der Waals surface area contributed by atoms with Gasteiger partial charge in [0.1, 0.15) is 22.5 Å². The number of esters is 1. The van der Waals surface area contributed by atoms with Gasteiger partial charge in [-0.15, -0.1) is 0 Å². The highest BCUT2D eigenvalue weighted by Gasteiger charge is 2.59. The third-order valence-corrected chi connectivity index (χ3v) is 9.31. The Bertz CT molecular complexity index is 1670. The van der Waals surface area contributed by atoms with E-state index in [2.05, 4.69) is 36.4 Å². The molecule has 1 fully saturated rings. The molecule has 1 aliphatic carbocycles. The fraction of sp³-hybridized carbons (Fsp3) is 0.316. The van der Waals surface area contributed by atoms with E-state index in [0.29, 0.717) is 37.4 Å². The van der Waals surface area contributed by atoms with Gasteiger partial charge in [0.15, 0.2) is 0 Å². The molecule has 0 bridgehead atoms. The van der Waals surface area contributed by atoms with Crippen LogP contribution in [0.2, 0.25) is 0 Å². The summed E-state index contributed by atoms with van der Waals surface area (Å²) in [4.78, 5) is 30.1. The van der Waals surface area contributed by atoms with Gasteiger partial charge in [-0.3, -0.25) is 9.69 Å². The number of ether oxygens (including phenoxy) is 3. The van der Waals surface area contributed by atoms with Crippen molar-refractivity contribution in [2.75, 3.05) is 11.5 Å². The number of hydrogen-bond donors (Lipinski definition) is 0. The Morgan fingerprint density at radius 1 is 0.864 bits per heavy atom. The topological polar surface area (TPSA) is 65.1 Å². The summed E-state index contributed by atoms with van der Waals surface area (Å²) in [5.41, 5.74) is 2.15. The van der Waals surface area contributed by atoms with E-state index in [4.69, 9.17) is 14.2 Å². The molecule has 224 valence electrons. The molecule has 2 aliphatic heterocycles. The minimum absolute atomic E-state index is 0.0182. The molecule has 1 atom stereocenters. The minimum atomic E-state index is -0.975. The van der Waals surface area contributed by atoms with E-state index in [1.54, 1.807) is 6.92 Å². The average molecular weight is 588 g/mol. The molecule has 7 rings (SSSR count). The number of benzene rings is 4. The van der Waals surface area contributed by atoms with E-state index in [9.17, 15) is 4.79 Å². The van der Waals surface area contributed by atoms with E-state index in [1.165, 1.54) is 0 Å². The number of anilines is 1. The lowest BCUT2D eigenvalue weighted by Gasteiger charge is -2.44. The zero-order valence-corrected chi connectivity index (χ0v) is 25.4. The molecule has 4 aromatic rings. The molecule has 6 heteroatoms. The molecule has 6 nitrogen and oxygen atoms in total. The van der Waals surface area contributed by atoms with Crippen molar-refractivity contribution in [2.24, 2.45) is 0 Å². The lowest BCUT2D eigenvalue weighted by atomic mass is 9.67. The molecule has 1 saturated carbocycles. The molecule has 44 heavy (non-hydrogen) atoms. The maximum Gasteiger partial charge on any atom is 0.350 e. The van der Waals surface area contributed by atoms with Crippen LogP contribution in [-0.2, 0) is 19.7 Å². The van der Waals surface area contributed by atoms with Crippen LogP contribution in [-0.4, -0.2) is 29.7 Å². The number of fused-ring (bicyclic) bond motifs is 4. The van der Waals surface area contributed by atoms with Gasteiger partial charge < -0.3 is 14.2 Å².